The fraction of sp³-hybridized carbons (Fsp3) is 0.296. The number of nitrogens with one attached hydrogen (secondary N) is 1. The Morgan fingerprint density at radius 3 is 2.17 bits per heavy atom. The maximum Gasteiger partial charge on any atom is 0.243 e. The molecule has 0 spiro atoms. The number of hydrogen-bond donors (Lipinski definition) is 3. The van der Waals surface area contributed by atoms with Crippen molar-refractivity contribution in [2.45, 2.75) is 44.3 Å². The number of carbonyl (C=O) groups is 2. The first-order valence-corrected chi connectivity index (χ1v) is 12.6. The Morgan fingerprint density at radius 2 is 1.61 bits per heavy atom. The van der Waals surface area contributed by atoms with Crippen molar-refractivity contribution in [3.8, 4) is 0 Å². The van der Waals surface area contributed by atoms with E-state index in [0.717, 1.165) is 28.8 Å². The zero-order valence-corrected chi connectivity index (χ0v) is 21.5. The van der Waals surface area contributed by atoms with Gasteiger partial charge in [-0.25, -0.2) is 4.98 Å². The number of likely N-dealkylation sites (tertiary alicyclic amines) is 1. The number of rotatable bonds is 7. The lowest BCUT2D eigenvalue weighted by Crippen LogP contribution is -2.52. The molecule has 1 saturated heterocycles. The van der Waals surface area contributed by atoms with E-state index in [2.05, 4.69) is 10.3 Å². The van der Waals surface area contributed by atoms with Crippen molar-refractivity contribution in [1.82, 2.24) is 15.2 Å². The lowest BCUT2D eigenvalue weighted by atomic mass is 9.84. The highest BCUT2D eigenvalue weighted by Crippen LogP contribution is 2.31. The molecule has 1 aromatic heterocycles. The number of nitrogen functional groups attached to an aromatic ring is 1. The summed E-state index contributed by atoms with van der Waals surface area (Å²) in [5, 5.41) is 4.13. The number of benzene rings is 2. The summed E-state index contributed by atoms with van der Waals surface area (Å²) in [5.41, 5.74) is 15.7. The van der Waals surface area contributed by atoms with E-state index < -0.39 is 18.0 Å². The van der Waals surface area contributed by atoms with Crippen molar-refractivity contribution in [3.63, 3.8) is 0 Å². The Morgan fingerprint density at radius 1 is 1.03 bits per heavy atom. The molecule has 2 atom stereocenters. The predicted molar refractivity (Wildman–Crippen MR) is 143 cm³/mol. The number of hydrogen-bond acceptors (Lipinski definition) is 5. The van der Waals surface area contributed by atoms with Gasteiger partial charge in [0.2, 0.25) is 11.8 Å². The van der Waals surface area contributed by atoms with Crippen LogP contribution < -0.4 is 16.8 Å². The molecule has 188 valence electrons. The van der Waals surface area contributed by atoms with E-state index in [9.17, 15) is 9.59 Å². The van der Waals surface area contributed by atoms with E-state index in [1.807, 2.05) is 37.3 Å². The summed E-state index contributed by atoms with van der Waals surface area (Å²) in [6, 6.07) is 16.6. The minimum absolute atomic E-state index is 0.209. The van der Waals surface area contributed by atoms with Crippen LogP contribution >= 0.6 is 23.2 Å². The highest BCUT2D eigenvalue weighted by atomic mass is 35.5. The first kappa shape index (κ1) is 25.9. The Labute approximate surface area is 220 Å². The molecule has 0 radical (unpaired) electrons. The highest BCUT2D eigenvalue weighted by molar-refractivity contribution is 6.30. The molecule has 1 unspecified atom stereocenters. The van der Waals surface area contributed by atoms with Gasteiger partial charge in [-0.05, 0) is 66.8 Å². The van der Waals surface area contributed by atoms with Crippen LogP contribution in [0.1, 0.15) is 41.1 Å². The van der Waals surface area contributed by atoms with Crippen LogP contribution in [-0.2, 0) is 16.1 Å². The zero-order valence-electron chi connectivity index (χ0n) is 20.0. The Bertz CT molecular complexity index is 1190. The van der Waals surface area contributed by atoms with E-state index in [1.165, 1.54) is 0 Å². The van der Waals surface area contributed by atoms with E-state index in [1.54, 1.807) is 35.2 Å². The van der Waals surface area contributed by atoms with Gasteiger partial charge in [0, 0.05) is 34.7 Å². The van der Waals surface area contributed by atoms with Crippen LogP contribution in [0.3, 0.4) is 0 Å². The monoisotopic (exact) mass is 525 g/mol. The lowest BCUT2D eigenvalue weighted by Gasteiger charge is -2.31. The van der Waals surface area contributed by atoms with Crippen LogP contribution in [0.5, 0.6) is 0 Å². The molecule has 2 heterocycles. The first-order valence-electron chi connectivity index (χ1n) is 11.8. The Hall–Kier alpha value is -3.13. The zero-order chi connectivity index (χ0) is 25.8. The summed E-state index contributed by atoms with van der Waals surface area (Å²) in [6.07, 6.45) is 1.31. The molecular weight excluding hydrogens is 497 g/mol. The minimum atomic E-state index is -0.899. The van der Waals surface area contributed by atoms with Crippen molar-refractivity contribution in [1.29, 1.82) is 0 Å². The molecule has 9 heteroatoms. The summed E-state index contributed by atoms with van der Waals surface area (Å²) in [6.45, 7) is 2.62. The van der Waals surface area contributed by atoms with Crippen molar-refractivity contribution in [2.24, 2.45) is 5.73 Å². The SMILES string of the molecule is Cc1nc(N)ccc1CNC(=O)[C@@H]1CCCN1C(=O)C(N)C(c1ccc(Cl)cc1)c1ccc(Cl)cc1. The third-order valence-electron chi connectivity index (χ3n) is 6.61. The largest absolute Gasteiger partial charge is 0.384 e. The van der Waals surface area contributed by atoms with E-state index in [0.29, 0.717) is 35.4 Å². The van der Waals surface area contributed by atoms with Crippen LogP contribution in [0.4, 0.5) is 5.82 Å². The third kappa shape index (κ3) is 5.81. The second kappa shape index (κ2) is 11.3. The topological polar surface area (TPSA) is 114 Å². The quantitative estimate of drug-likeness (QED) is 0.430. The fourth-order valence-electron chi connectivity index (χ4n) is 4.68. The van der Waals surface area contributed by atoms with Crippen molar-refractivity contribution >= 4 is 40.8 Å². The molecular formula is C27H29Cl2N5O2. The number of anilines is 1. The van der Waals surface area contributed by atoms with Gasteiger partial charge in [0.1, 0.15) is 11.9 Å². The summed E-state index contributed by atoms with van der Waals surface area (Å²) in [5.74, 6) is -0.480. The van der Waals surface area contributed by atoms with Gasteiger partial charge < -0.3 is 21.7 Å². The number of aromatic nitrogens is 1. The van der Waals surface area contributed by atoms with Crippen molar-refractivity contribution < 1.29 is 9.59 Å². The minimum Gasteiger partial charge on any atom is -0.384 e. The second-order valence-corrected chi connectivity index (χ2v) is 9.87. The van der Waals surface area contributed by atoms with Crippen molar-refractivity contribution in [2.75, 3.05) is 12.3 Å². The van der Waals surface area contributed by atoms with Crippen LogP contribution in [0.2, 0.25) is 10.0 Å². The van der Waals surface area contributed by atoms with Crippen LogP contribution in [0.15, 0.2) is 60.7 Å². The predicted octanol–water partition coefficient (Wildman–Crippen LogP) is 4.05. The number of aryl methyl sites for hydroxylation is 1. The number of nitrogens with two attached hydrogens (primary N) is 2. The maximum absolute atomic E-state index is 13.7. The van der Waals surface area contributed by atoms with Gasteiger partial charge in [-0.2, -0.15) is 0 Å². The average molecular weight is 526 g/mol. The van der Waals surface area contributed by atoms with Crippen LogP contribution in [-0.4, -0.2) is 40.3 Å². The highest BCUT2D eigenvalue weighted by Gasteiger charge is 2.39. The fourth-order valence-corrected chi connectivity index (χ4v) is 4.93. The molecule has 4 rings (SSSR count). The first-order chi connectivity index (χ1) is 17.2. The summed E-state index contributed by atoms with van der Waals surface area (Å²) >= 11 is 12.2. The third-order valence-corrected chi connectivity index (χ3v) is 7.11. The van der Waals surface area contributed by atoms with Crippen LogP contribution in [0, 0.1) is 6.92 Å². The van der Waals surface area contributed by atoms with Gasteiger partial charge in [-0.1, -0.05) is 53.5 Å². The molecule has 1 aliphatic rings. The molecule has 1 fully saturated rings. The molecule has 0 bridgehead atoms. The number of amides is 2. The number of halogens is 2. The molecule has 0 aliphatic carbocycles. The summed E-state index contributed by atoms with van der Waals surface area (Å²) in [7, 11) is 0. The number of pyridine rings is 1. The van der Waals surface area contributed by atoms with Gasteiger partial charge in [0.25, 0.3) is 0 Å². The van der Waals surface area contributed by atoms with Gasteiger partial charge in [0.05, 0.1) is 6.04 Å². The normalized spacial score (nSPS) is 16.2. The number of carbonyl (C=O) groups excluding carboxylic acids is 2. The lowest BCUT2D eigenvalue weighted by molar-refractivity contribution is -0.139. The molecule has 3 aromatic rings. The second-order valence-electron chi connectivity index (χ2n) is 8.99. The molecule has 2 aromatic carbocycles. The number of nitrogens with zero attached hydrogens (tertiary/aromatic N) is 2. The van der Waals surface area contributed by atoms with Crippen molar-refractivity contribution in [3.05, 3.63) is 93.1 Å². The van der Waals surface area contributed by atoms with Gasteiger partial charge >= 0.3 is 0 Å². The Balaban J connectivity index is 1.53. The van der Waals surface area contributed by atoms with Crippen LogP contribution in [0.25, 0.3) is 0 Å². The molecule has 2 amide bonds. The van der Waals surface area contributed by atoms with E-state index in [4.69, 9.17) is 34.7 Å². The molecule has 7 nitrogen and oxygen atoms in total. The maximum atomic E-state index is 13.7. The molecule has 5 N–H and O–H groups in total. The molecule has 0 saturated carbocycles. The van der Waals surface area contributed by atoms with Gasteiger partial charge in [-0.15, -0.1) is 0 Å². The van der Waals surface area contributed by atoms with Gasteiger partial charge in [-0.3, -0.25) is 9.59 Å². The summed E-state index contributed by atoms with van der Waals surface area (Å²) in [4.78, 5) is 32.6. The average Bonchev–Trinajstić information content (AvgIpc) is 3.35. The van der Waals surface area contributed by atoms with Gasteiger partial charge in [0.15, 0.2) is 0 Å². The molecule has 1 aliphatic heterocycles. The van der Waals surface area contributed by atoms with E-state index in [-0.39, 0.29) is 11.8 Å². The smallest absolute Gasteiger partial charge is 0.243 e. The molecule has 36 heavy (non-hydrogen) atoms. The Kier molecular flexibility index (Phi) is 8.14. The summed E-state index contributed by atoms with van der Waals surface area (Å²) < 4.78 is 0. The standard InChI is InChI=1S/C27H29Cl2N5O2/c1-16-19(8-13-23(30)33-16)15-32-26(35)22-3-2-14-34(22)27(36)25(31)24(17-4-9-20(28)10-5-17)18-6-11-21(29)12-7-18/h4-13,22,24-25H,2-3,14-15,31H2,1H3,(H2,30,33)(H,32,35)/t22-,25?/m0/s1. The van der Waals surface area contributed by atoms with E-state index >= 15 is 0 Å².